The molecule has 2 aromatic rings. The lowest BCUT2D eigenvalue weighted by molar-refractivity contribution is -0.122. The summed E-state index contributed by atoms with van der Waals surface area (Å²) < 4.78 is 0. The van der Waals surface area contributed by atoms with Gasteiger partial charge < -0.3 is 10.4 Å². The first-order valence-electron chi connectivity index (χ1n) is 7.51. The van der Waals surface area contributed by atoms with Crippen molar-refractivity contribution < 1.29 is 9.90 Å². The van der Waals surface area contributed by atoms with E-state index in [0.717, 1.165) is 23.8 Å². The zero-order valence-corrected chi connectivity index (χ0v) is 12.3. The lowest BCUT2D eigenvalue weighted by atomic mass is 9.97. The largest absolute Gasteiger partial charge is 0.396 e. The molecule has 0 heterocycles. The minimum atomic E-state index is -0.177. The van der Waals surface area contributed by atoms with E-state index in [1.54, 1.807) is 0 Å². The molecule has 0 aliphatic heterocycles. The number of hydrogen-bond donors (Lipinski definition) is 2. The highest BCUT2D eigenvalue weighted by Gasteiger charge is 2.42. The van der Waals surface area contributed by atoms with E-state index in [4.69, 9.17) is 0 Å². The van der Waals surface area contributed by atoms with E-state index in [9.17, 15) is 9.90 Å². The molecule has 1 fully saturated rings. The Morgan fingerprint density at radius 3 is 2.62 bits per heavy atom. The first-order chi connectivity index (χ1) is 10.1. The van der Waals surface area contributed by atoms with Crippen LogP contribution in [-0.2, 0) is 4.79 Å². The summed E-state index contributed by atoms with van der Waals surface area (Å²) in [5, 5.41) is 14.6. The average molecular weight is 283 g/mol. The molecule has 1 amide bonds. The van der Waals surface area contributed by atoms with Crippen molar-refractivity contribution in [1.29, 1.82) is 0 Å². The van der Waals surface area contributed by atoms with E-state index in [0.29, 0.717) is 6.54 Å². The normalized spacial score (nSPS) is 17.4. The van der Waals surface area contributed by atoms with Crippen molar-refractivity contribution in [1.82, 2.24) is 5.32 Å². The Labute approximate surface area is 125 Å². The number of aliphatic hydroxyl groups is 1. The summed E-state index contributed by atoms with van der Waals surface area (Å²) in [4.78, 5) is 12.3. The fourth-order valence-electron chi connectivity index (χ4n) is 2.62. The first-order valence-corrected chi connectivity index (χ1v) is 7.51. The summed E-state index contributed by atoms with van der Waals surface area (Å²) in [5.41, 5.74) is 0.985. The quantitative estimate of drug-likeness (QED) is 0.886. The molecule has 1 saturated carbocycles. The molecule has 0 radical (unpaired) electrons. The standard InChI is InChI=1S/C18H21NO2/c1-13(17(21)19-11-18(12-20)8-9-18)15-7-6-14-4-2-3-5-16(14)10-15/h2-7,10,13,20H,8-9,11-12H2,1H3,(H,19,21). The highest BCUT2D eigenvalue weighted by Crippen LogP contribution is 2.44. The third kappa shape index (κ3) is 2.93. The van der Waals surface area contributed by atoms with Crippen LogP contribution in [0, 0.1) is 5.41 Å². The van der Waals surface area contributed by atoms with Gasteiger partial charge in [0.2, 0.25) is 5.91 Å². The number of amides is 1. The maximum atomic E-state index is 12.3. The molecule has 1 aliphatic carbocycles. The summed E-state index contributed by atoms with van der Waals surface area (Å²) in [7, 11) is 0. The third-order valence-electron chi connectivity index (χ3n) is 4.60. The number of carbonyl (C=O) groups excluding carboxylic acids is 1. The summed E-state index contributed by atoms with van der Waals surface area (Å²) >= 11 is 0. The Hall–Kier alpha value is -1.87. The van der Waals surface area contributed by atoms with E-state index < -0.39 is 0 Å². The molecule has 3 heteroatoms. The fraction of sp³-hybridized carbons (Fsp3) is 0.389. The molecule has 0 aromatic heterocycles. The number of nitrogens with one attached hydrogen (secondary N) is 1. The van der Waals surface area contributed by atoms with Gasteiger partial charge in [-0.05, 0) is 36.1 Å². The number of benzene rings is 2. The van der Waals surface area contributed by atoms with Gasteiger partial charge in [0.1, 0.15) is 0 Å². The minimum Gasteiger partial charge on any atom is -0.396 e. The number of hydrogen-bond acceptors (Lipinski definition) is 2. The van der Waals surface area contributed by atoms with Crippen LogP contribution in [0.1, 0.15) is 31.2 Å². The Morgan fingerprint density at radius 1 is 1.24 bits per heavy atom. The second kappa shape index (κ2) is 5.49. The van der Waals surface area contributed by atoms with Crippen LogP contribution in [0.15, 0.2) is 42.5 Å². The van der Waals surface area contributed by atoms with Crippen LogP contribution in [0.25, 0.3) is 10.8 Å². The van der Waals surface area contributed by atoms with Gasteiger partial charge in [0.15, 0.2) is 0 Å². The lowest BCUT2D eigenvalue weighted by Gasteiger charge is -2.17. The molecule has 2 N–H and O–H groups in total. The Morgan fingerprint density at radius 2 is 1.95 bits per heavy atom. The molecule has 1 unspecified atom stereocenters. The molecule has 1 atom stereocenters. The monoisotopic (exact) mass is 283 g/mol. The van der Waals surface area contributed by atoms with E-state index in [1.807, 2.05) is 25.1 Å². The third-order valence-corrected chi connectivity index (χ3v) is 4.60. The molecule has 21 heavy (non-hydrogen) atoms. The smallest absolute Gasteiger partial charge is 0.227 e. The van der Waals surface area contributed by atoms with Gasteiger partial charge in [0.05, 0.1) is 12.5 Å². The summed E-state index contributed by atoms with van der Waals surface area (Å²) in [6.07, 6.45) is 2.02. The second-order valence-corrected chi connectivity index (χ2v) is 6.20. The van der Waals surface area contributed by atoms with Crippen molar-refractivity contribution in [3.05, 3.63) is 48.0 Å². The summed E-state index contributed by atoms with van der Waals surface area (Å²) in [5.74, 6) is -0.144. The molecular formula is C18H21NO2. The van der Waals surface area contributed by atoms with Gasteiger partial charge in [-0.15, -0.1) is 0 Å². The molecule has 3 nitrogen and oxygen atoms in total. The Kier molecular flexibility index (Phi) is 3.68. The van der Waals surface area contributed by atoms with Crippen LogP contribution >= 0.6 is 0 Å². The van der Waals surface area contributed by atoms with Crippen molar-refractivity contribution in [2.24, 2.45) is 5.41 Å². The molecule has 0 spiro atoms. The van der Waals surface area contributed by atoms with Gasteiger partial charge in [-0.1, -0.05) is 42.5 Å². The number of fused-ring (bicyclic) bond motifs is 1. The topological polar surface area (TPSA) is 49.3 Å². The van der Waals surface area contributed by atoms with E-state index in [-0.39, 0.29) is 23.8 Å². The van der Waals surface area contributed by atoms with E-state index in [2.05, 4.69) is 29.6 Å². The van der Waals surface area contributed by atoms with Gasteiger partial charge in [-0.25, -0.2) is 0 Å². The number of aliphatic hydroxyl groups excluding tert-OH is 1. The van der Waals surface area contributed by atoms with Crippen molar-refractivity contribution >= 4 is 16.7 Å². The predicted molar refractivity (Wildman–Crippen MR) is 84.1 cm³/mol. The van der Waals surface area contributed by atoms with Gasteiger partial charge in [-0.2, -0.15) is 0 Å². The summed E-state index contributed by atoms with van der Waals surface area (Å²) in [6.45, 7) is 2.68. The van der Waals surface area contributed by atoms with Crippen LogP contribution < -0.4 is 5.32 Å². The molecule has 2 aromatic carbocycles. The molecule has 110 valence electrons. The molecule has 1 aliphatic rings. The first kappa shape index (κ1) is 14.1. The van der Waals surface area contributed by atoms with Gasteiger partial charge >= 0.3 is 0 Å². The number of rotatable bonds is 5. The zero-order chi connectivity index (χ0) is 14.9. The van der Waals surface area contributed by atoms with Gasteiger partial charge in [-0.3, -0.25) is 4.79 Å². The van der Waals surface area contributed by atoms with Crippen LogP contribution in [0.5, 0.6) is 0 Å². The van der Waals surface area contributed by atoms with Crippen molar-refractivity contribution in [2.75, 3.05) is 13.2 Å². The molecular weight excluding hydrogens is 262 g/mol. The molecule has 0 bridgehead atoms. The Balaban J connectivity index is 1.70. The maximum Gasteiger partial charge on any atom is 0.227 e. The second-order valence-electron chi connectivity index (χ2n) is 6.20. The Bertz CT molecular complexity index is 661. The SMILES string of the molecule is CC(C(=O)NCC1(CO)CC1)c1ccc2ccccc2c1. The van der Waals surface area contributed by atoms with Gasteiger partial charge in [0.25, 0.3) is 0 Å². The predicted octanol–water partition coefficient (Wildman–Crippen LogP) is 2.83. The maximum absolute atomic E-state index is 12.3. The van der Waals surface area contributed by atoms with Gasteiger partial charge in [0, 0.05) is 12.0 Å². The van der Waals surface area contributed by atoms with E-state index in [1.165, 1.54) is 5.39 Å². The van der Waals surface area contributed by atoms with Crippen molar-refractivity contribution in [2.45, 2.75) is 25.7 Å². The summed E-state index contributed by atoms with van der Waals surface area (Å²) in [6, 6.07) is 14.3. The average Bonchev–Trinajstić information content (AvgIpc) is 3.32. The minimum absolute atomic E-state index is 0.0324. The van der Waals surface area contributed by atoms with Crippen LogP contribution in [-0.4, -0.2) is 24.2 Å². The van der Waals surface area contributed by atoms with Crippen molar-refractivity contribution in [3.8, 4) is 0 Å². The number of carbonyl (C=O) groups is 1. The zero-order valence-electron chi connectivity index (χ0n) is 12.3. The van der Waals surface area contributed by atoms with Crippen LogP contribution in [0.4, 0.5) is 0 Å². The molecule has 0 saturated heterocycles. The van der Waals surface area contributed by atoms with Crippen LogP contribution in [0.2, 0.25) is 0 Å². The van der Waals surface area contributed by atoms with Crippen LogP contribution in [0.3, 0.4) is 0 Å². The molecule has 3 rings (SSSR count). The fourth-order valence-corrected chi connectivity index (χ4v) is 2.62. The highest BCUT2D eigenvalue weighted by atomic mass is 16.3. The highest BCUT2D eigenvalue weighted by molar-refractivity contribution is 5.87. The lowest BCUT2D eigenvalue weighted by Crippen LogP contribution is -2.34. The van der Waals surface area contributed by atoms with Crippen molar-refractivity contribution in [3.63, 3.8) is 0 Å². The van der Waals surface area contributed by atoms with E-state index >= 15 is 0 Å².